The Labute approximate surface area is 176 Å². The lowest BCUT2D eigenvalue weighted by atomic mass is 9.91. The van der Waals surface area contributed by atoms with E-state index in [1.54, 1.807) is 0 Å². The third kappa shape index (κ3) is 5.43. The van der Waals surface area contributed by atoms with Gasteiger partial charge < -0.3 is 25.5 Å². The molecule has 0 saturated heterocycles. The van der Waals surface area contributed by atoms with Gasteiger partial charge in [-0.15, -0.1) is 0 Å². The van der Waals surface area contributed by atoms with Gasteiger partial charge in [0.2, 0.25) is 0 Å². The highest BCUT2D eigenvalue weighted by molar-refractivity contribution is 6.03. The van der Waals surface area contributed by atoms with Crippen LogP contribution >= 0.6 is 0 Å². The molecule has 3 rings (SSSR count). The number of aromatic nitrogens is 2. The quantitative estimate of drug-likeness (QED) is 0.552. The number of nitrogens with zero attached hydrogens (tertiary/aromatic N) is 1. The third-order valence-electron chi connectivity index (χ3n) is 5.26. The molecule has 30 heavy (non-hydrogen) atoms. The molecule has 1 amide bonds. The first-order valence-corrected chi connectivity index (χ1v) is 10.7. The van der Waals surface area contributed by atoms with Crippen LogP contribution in [0.2, 0.25) is 0 Å². The van der Waals surface area contributed by atoms with E-state index in [0.717, 1.165) is 49.6 Å². The minimum atomic E-state index is -0.995. The lowest BCUT2D eigenvalue weighted by Gasteiger charge is -2.31. The molecule has 1 fully saturated rings. The van der Waals surface area contributed by atoms with E-state index in [0.29, 0.717) is 11.3 Å². The highest BCUT2D eigenvalue weighted by atomic mass is 16.6. The molecule has 0 unspecified atom stereocenters. The summed E-state index contributed by atoms with van der Waals surface area (Å²) in [5.41, 5.74) is 2.03. The summed E-state index contributed by atoms with van der Waals surface area (Å²) >= 11 is 0. The Balaban J connectivity index is 1.69. The average molecular weight is 417 g/mol. The van der Waals surface area contributed by atoms with E-state index < -0.39 is 17.7 Å². The Hall–Kier alpha value is -2.77. The lowest BCUT2D eigenvalue weighted by Crippen LogP contribution is -2.42. The summed E-state index contributed by atoms with van der Waals surface area (Å²) in [5.74, 6) is -0.995. The molecule has 0 spiro atoms. The standard InChI is InChI=1S/C22H32N4O4/c1-5-6-15-11-16-18(17(20(27)28)12-23-19(16)25-15)24-13-7-9-14(10-8-13)26-21(29)30-22(2,3)4/h11-14H,5-10H2,1-4H3,(H,26,29)(H,27,28)(H2,23,24,25). The van der Waals surface area contributed by atoms with E-state index in [-0.39, 0.29) is 17.6 Å². The number of hydrogen-bond acceptors (Lipinski definition) is 5. The van der Waals surface area contributed by atoms with Crippen LogP contribution in [0.1, 0.15) is 75.9 Å². The van der Waals surface area contributed by atoms with Crippen LogP contribution < -0.4 is 10.6 Å². The fourth-order valence-corrected chi connectivity index (χ4v) is 3.91. The van der Waals surface area contributed by atoms with Gasteiger partial charge in [-0.1, -0.05) is 13.3 Å². The van der Waals surface area contributed by atoms with Gasteiger partial charge in [-0.25, -0.2) is 14.6 Å². The number of carbonyl (C=O) groups excluding carboxylic acids is 1. The number of anilines is 1. The zero-order valence-electron chi connectivity index (χ0n) is 18.2. The third-order valence-corrected chi connectivity index (χ3v) is 5.26. The highest BCUT2D eigenvalue weighted by Gasteiger charge is 2.26. The Morgan fingerprint density at radius 2 is 1.90 bits per heavy atom. The maximum absolute atomic E-state index is 12.0. The van der Waals surface area contributed by atoms with E-state index in [4.69, 9.17) is 4.74 Å². The molecule has 8 nitrogen and oxygen atoms in total. The predicted molar refractivity (Wildman–Crippen MR) is 116 cm³/mol. The molecule has 0 aromatic carbocycles. The number of aryl methyl sites for hydroxylation is 1. The van der Waals surface area contributed by atoms with Crippen LogP contribution in [-0.4, -0.2) is 44.8 Å². The lowest BCUT2D eigenvalue weighted by molar-refractivity contribution is 0.0491. The molecule has 4 N–H and O–H groups in total. The van der Waals surface area contributed by atoms with Crippen molar-refractivity contribution < 1.29 is 19.4 Å². The van der Waals surface area contributed by atoms with Crippen molar-refractivity contribution in [2.45, 2.75) is 83.9 Å². The van der Waals surface area contributed by atoms with Crippen molar-refractivity contribution in [3.8, 4) is 0 Å². The van der Waals surface area contributed by atoms with Gasteiger partial charge in [0.1, 0.15) is 16.8 Å². The summed E-state index contributed by atoms with van der Waals surface area (Å²) in [6.07, 6.45) is 6.18. The molecule has 1 saturated carbocycles. The second-order valence-corrected chi connectivity index (χ2v) is 9.00. The molecule has 0 aliphatic heterocycles. The number of ether oxygens (including phenoxy) is 1. The SMILES string of the molecule is CCCc1cc2c(NC3CCC(NC(=O)OC(C)(C)C)CC3)c(C(=O)O)cnc2[nH]1. The zero-order valence-corrected chi connectivity index (χ0v) is 18.2. The normalized spacial score (nSPS) is 19.5. The average Bonchev–Trinajstić information content (AvgIpc) is 3.05. The number of rotatable bonds is 6. The van der Waals surface area contributed by atoms with E-state index in [9.17, 15) is 14.7 Å². The predicted octanol–water partition coefficient (Wildman–Crippen LogP) is 4.46. The zero-order chi connectivity index (χ0) is 21.9. The number of carboxylic acids is 1. The van der Waals surface area contributed by atoms with Crippen LogP contribution in [0.3, 0.4) is 0 Å². The smallest absolute Gasteiger partial charge is 0.407 e. The Bertz CT molecular complexity index is 908. The molecule has 2 heterocycles. The number of carbonyl (C=O) groups is 2. The van der Waals surface area contributed by atoms with Crippen LogP contribution in [0.15, 0.2) is 12.3 Å². The van der Waals surface area contributed by atoms with Gasteiger partial charge in [-0.2, -0.15) is 0 Å². The molecule has 164 valence electrons. The van der Waals surface area contributed by atoms with Crippen molar-refractivity contribution >= 4 is 28.8 Å². The van der Waals surface area contributed by atoms with E-state index >= 15 is 0 Å². The highest BCUT2D eigenvalue weighted by Crippen LogP contribution is 2.31. The van der Waals surface area contributed by atoms with Gasteiger partial charge >= 0.3 is 12.1 Å². The summed E-state index contributed by atoms with van der Waals surface area (Å²) in [6.45, 7) is 7.63. The van der Waals surface area contributed by atoms with Crippen molar-refractivity contribution in [3.05, 3.63) is 23.5 Å². The Morgan fingerprint density at radius 1 is 1.23 bits per heavy atom. The number of aromatic carboxylic acids is 1. The minimum absolute atomic E-state index is 0.0673. The number of carboxylic acid groups (broad SMARTS) is 1. The fourth-order valence-electron chi connectivity index (χ4n) is 3.91. The summed E-state index contributed by atoms with van der Waals surface area (Å²) in [7, 11) is 0. The first-order chi connectivity index (χ1) is 14.2. The van der Waals surface area contributed by atoms with Gasteiger partial charge in [0.15, 0.2) is 0 Å². The van der Waals surface area contributed by atoms with Crippen molar-refractivity contribution in [2.24, 2.45) is 0 Å². The number of fused-ring (bicyclic) bond motifs is 1. The maximum Gasteiger partial charge on any atom is 0.407 e. The van der Waals surface area contributed by atoms with E-state index in [1.807, 2.05) is 26.8 Å². The first kappa shape index (κ1) is 21.9. The maximum atomic E-state index is 12.0. The van der Waals surface area contributed by atoms with Gasteiger partial charge in [-0.3, -0.25) is 0 Å². The van der Waals surface area contributed by atoms with Crippen LogP contribution in [0.5, 0.6) is 0 Å². The number of hydrogen-bond donors (Lipinski definition) is 4. The largest absolute Gasteiger partial charge is 0.478 e. The number of aromatic amines is 1. The molecule has 0 bridgehead atoms. The topological polar surface area (TPSA) is 116 Å². The first-order valence-electron chi connectivity index (χ1n) is 10.7. The Kier molecular flexibility index (Phi) is 6.53. The second-order valence-electron chi connectivity index (χ2n) is 9.00. The van der Waals surface area contributed by atoms with Crippen LogP contribution in [0, 0.1) is 0 Å². The molecule has 1 aliphatic rings. The molecule has 2 aromatic heterocycles. The van der Waals surface area contributed by atoms with Crippen molar-refractivity contribution in [1.29, 1.82) is 0 Å². The molecule has 0 radical (unpaired) electrons. The van der Waals surface area contributed by atoms with E-state index in [1.165, 1.54) is 6.20 Å². The summed E-state index contributed by atoms with van der Waals surface area (Å²) < 4.78 is 5.33. The van der Waals surface area contributed by atoms with Crippen molar-refractivity contribution in [2.75, 3.05) is 5.32 Å². The molecular weight excluding hydrogens is 384 g/mol. The molecule has 1 aliphatic carbocycles. The van der Waals surface area contributed by atoms with Crippen molar-refractivity contribution in [3.63, 3.8) is 0 Å². The van der Waals surface area contributed by atoms with Crippen LogP contribution in [0.4, 0.5) is 10.5 Å². The fraction of sp³-hybridized carbons (Fsp3) is 0.591. The number of nitrogens with one attached hydrogen (secondary N) is 3. The summed E-state index contributed by atoms with van der Waals surface area (Å²) in [4.78, 5) is 31.3. The molecule has 0 atom stereocenters. The van der Waals surface area contributed by atoms with Crippen LogP contribution in [-0.2, 0) is 11.2 Å². The summed E-state index contributed by atoms with van der Waals surface area (Å²) in [5, 5.41) is 16.9. The van der Waals surface area contributed by atoms with Crippen molar-refractivity contribution in [1.82, 2.24) is 15.3 Å². The monoisotopic (exact) mass is 416 g/mol. The molecule has 8 heteroatoms. The number of alkyl carbamates (subject to hydrolysis) is 1. The number of H-pyrrole nitrogens is 1. The number of amides is 1. The Morgan fingerprint density at radius 3 is 2.50 bits per heavy atom. The molecule has 2 aromatic rings. The van der Waals surface area contributed by atoms with Gasteiger partial charge in [-0.05, 0) is 58.9 Å². The minimum Gasteiger partial charge on any atom is -0.478 e. The molecular formula is C22H32N4O4. The summed E-state index contributed by atoms with van der Waals surface area (Å²) in [6, 6.07) is 2.20. The number of pyridine rings is 1. The van der Waals surface area contributed by atoms with Gasteiger partial charge in [0, 0.05) is 29.4 Å². The van der Waals surface area contributed by atoms with Crippen LogP contribution in [0.25, 0.3) is 11.0 Å². The second kappa shape index (κ2) is 8.93. The van der Waals surface area contributed by atoms with Gasteiger partial charge in [0.05, 0.1) is 5.69 Å². The van der Waals surface area contributed by atoms with Gasteiger partial charge in [0.25, 0.3) is 0 Å². The van der Waals surface area contributed by atoms with E-state index in [2.05, 4.69) is 27.5 Å².